The number of carbonyl (C=O) groups is 1. The topological polar surface area (TPSA) is 38.8 Å². The molecule has 4 nitrogen and oxygen atoms in total. The molecule has 5 heteroatoms. The second-order valence-electron chi connectivity index (χ2n) is 5.89. The maximum atomic E-state index is 12.5. The van der Waals surface area contributed by atoms with Gasteiger partial charge in [0.1, 0.15) is 5.75 Å². The van der Waals surface area contributed by atoms with E-state index in [9.17, 15) is 4.79 Å². The van der Waals surface area contributed by atoms with Crippen molar-refractivity contribution in [3.05, 3.63) is 29.8 Å². The number of alkyl halides is 1. The van der Waals surface area contributed by atoms with Gasteiger partial charge in [0.05, 0.1) is 12.2 Å². The van der Waals surface area contributed by atoms with E-state index in [0.29, 0.717) is 37.6 Å². The molecule has 0 saturated heterocycles. The van der Waals surface area contributed by atoms with Crippen molar-refractivity contribution in [1.82, 2.24) is 4.90 Å². The predicted molar refractivity (Wildman–Crippen MR) is 107 cm³/mol. The van der Waals surface area contributed by atoms with Gasteiger partial charge in [0.15, 0.2) is 0 Å². The smallest absolute Gasteiger partial charge is 0.257 e. The summed E-state index contributed by atoms with van der Waals surface area (Å²) < 4.78 is 11.5. The van der Waals surface area contributed by atoms with Gasteiger partial charge in [0.2, 0.25) is 0 Å². The van der Waals surface area contributed by atoms with Crippen LogP contribution in [0.4, 0.5) is 0 Å². The highest BCUT2D eigenvalue weighted by molar-refractivity contribution is 9.09. The first-order valence-corrected chi connectivity index (χ1v) is 10.5. The number of para-hydroxylation sites is 1. The largest absolute Gasteiger partial charge is 0.493 e. The van der Waals surface area contributed by atoms with E-state index in [1.54, 1.807) is 4.90 Å². The zero-order valence-corrected chi connectivity index (χ0v) is 17.2. The number of benzene rings is 1. The quantitative estimate of drug-likeness (QED) is 0.321. The lowest BCUT2D eigenvalue weighted by atomic mass is 10.1. The van der Waals surface area contributed by atoms with Crippen LogP contribution in [-0.2, 0) is 4.74 Å². The zero-order valence-electron chi connectivity index (χ0n) is 15.6. The van der Waals surface area contributed by atoms with Crippen molar-refractivity contribution in [2.45, 2.75) is 46.0 Å². The van der Waals surface area contributed by atoms with Crippen LogP contribution in [0.1, 0.15) is 56.3 Å². The van der Waals surface area contributed by atoms with Crippen molar-refractivity contribution >= 4 is 21.8 Å². The third kappa shape index (κ3) is 8.73. The van der Waals surface area contributed by atoms with Gasteiger partial charge in [-0.25, -0.2) is 0 Å². The van der Waals surface area contributed by atoms with E-state index in [0.717, 1.165) is 24.8 Å². The molecular weight excluding hydrogens is 382 g/mol. The molecule has 0 atom stereocenters. The molecule has 25 heavy (non-hydrogen) atoms. The van der Waals surface area contributed by atoms with Crippen LogP contribution in [0.15, 0.2) is 24.3 Å². The Kier molecular flexibility index (Phi) is 12.4. The first-order valence-electron chi connectivity index (χ1n) is 9.39. The van der Waals surface area contributed by atoms with Gasteiger partial charge in [-0.2, -0.15) is 0 Å². The Labute approximate surface area is 161 Å². The molecule has 1 rings (SSSR count). The second kappa shape index (κ2) is 14.1. The third-order valence-electron chi connectivity index (χ3n) is 4.03. The number of rotatable bonds is 14. The van der Waals surface area contributed by atoms with Crippen molar-refractivity contribution in [3.8, 4) is 5.75 Å². The van der Waals surface area contributed by atoms with Crippen molar-refractivity contribution in [1.29, 1.82) is 0 Å². The average molecular weight is 414 g/mol. The molecule has 0 N–H and O–H groups in total. The minimum absolute atomic E-state index is 0.0281. The molecule has 0 spiro atoms. The van der Waals surface area contributed by atoms with Gasteiger partial charge in [0, 0.05) is 38.1 Å². The van der Waals surface area contributed by atoms with E-state index in [1.165, 1.54) is 19.3 Å². The van der Waals surface area contributed by atoms with Gasteiger partial charge in [-0.3, -0.25) is 4.79 Å². The number of hydrogen-bond donors (Lipinski definition) is 0. The Bertz CT molecular complexity index is 478. The van der Waals surface area contributed by atoms with Gasteiger partial charge in [0.25, 0.3) is 5.91 Å². The SMILES string of the molecule is CCN(CC)C(=O)c1ccccc1OCCCOCCCCCCBr. The van der Waals surface area contributed by atoms with Crippen LogP contribution in [0.2, 0.25) is 0 Å². The molecule has 0 aliphatic rings. The highest BCUT2D eigenvalue weighted by Crippen LogP contribution is 2.20. The number of halogens is 1. The van der Waals surface area contributed by atoms with Crippen LogP contribution in [0, 0.1) is 0 Å². The molecule has 0 aliphatic heterocycles. The third-order valence-corrected chi connectivity index (χ3v) is 4.59. The fourth-order valence-corrected chi connectivity index (χ4v) is 2.94. The standard InChI is InChI=1S/C20H32BrNO3/c1-3-22(4-2)20(23)18-12-7-8-13-19(18)25-17-11-16-24-15-10-6-5-9-14-21/h7-8,12-13H,3-6,9-11,14-17H2,1-2H3. The minimum atomic E-state index is 0.0281. The predicted octanol–water partition coefficient (Wildman–Crippen LogP) is 4.91. The van der Waals surface area contributed by atoms with Crippen molar-refractivity contribution in [2.24, 2.45) is 0 Å². The van der Waals surface area contributed by atoms with E-state index in [1.807, 2.05) is 38.1 Å². The lowest BCUT2D eigenvalue weighted by Gasteiger charge is -2.20. The summed E-state index contributed by atoms with van der Waals surface area (Å²) in [5.74, 6) is 0.689. The van der Waals surface area contributed by atoms with Crippen LogP contribution in [0.25, 0.3) is 0 Å². The summed E-state index contributed by atoms with van der Waals surface area (Å²) in [5.41, 5.74) is 0.638. The number of nitrogens with zero attached hydrogens (tertiary/aromatic N) is 1. The molecular formula is C20H32BrNO3. The normalized spacial score (nSPS) is 10.7. The Balaban J connectivity index is 2.28. The summed E-state index contributed by atoms with van der Waals surface area (Å²) in [5, 5.41) is 1.09. The molecule has 0 aliphatic carbocycles. The van der Waals surface area contributed by atoms with Crippen LogP contribution in [-0.4, -0.2) is 49.0 Å². The number of amides is 1. The van der Waals surface area contributed by atoms with E-state index >= 15 is 0 Å². The fraction of sp³-hybridized carbons (Fsp3) is 0.650. The number of carbonyl (C=O) groups excluding carboxylic acids is 1. The van der Waals surface area contributed by atoms with Crippen molar-refractivity contribution < 1.29 is 14.3 Å². The molecule has 0 saturated carbocycles. The Morgan fingerprint density at radius 2 is 1.64 bits per heavy atom. The molecule has 0 heterocycles. The van der Waals surface area contributed by atoms with Crippen LogP contribution >= 0.6 is 15.9 Å². The van der Waals surface area contributed by atoms with Gasteiger partial charge in [-0.05, 0) is 38.8 Å². The molecule has 0 fully saturated rings. The van der Waals surface area contributed by atoms with Crippen LogP contribution in [0.3, 0.4) is 0 Å². The summed E-state index contributed by atoms with van der Waals surface area (Å²) in [4.78, 5) is 14.3. The summed E-state index contributed by atoms with van der Waals surface area (Å²) in [7, 11) is 0. The molecule has 0 bridgehead atoms. The monoisotopic (exact) mass is 413 g/mol. The second-order valence-corrected chi connectivity index (χ2v) is 6.68. The Hall–Kier alpha value is -1.07. The molecule has 0 radical (unpaired) electrons. The van der Waals surface area contributed by atoms with E-state index in [-0.39, 0.29) is 5.91 Å². The maximum Gasteiger partial charge on any atom is 0.257 e. The molecule has 1 aromatic rings. The number of hydrogen-bond acceptors (Lipinski definition) is 3. The van der Waals surface area contributed by atoms with Crippen LogP contribution in [0.5, 0.6) is 5.75 Å². The minimum Gasteiger partial charge on any atom is -0.493 e. The van der Waals surface area contributed by atoms with E-state index in [4.69, 9.17) is 9.47 Å². The fourth-order valence-electron chi connectivity index (χ4n) is 2.55. The first-order chi connectivity index (χ1) is 12.2. The molecule has 1 aromatic carbocycles. The average Bonchev–Trinajstić information content (AvgIpc) is 2.64. The molecule has 142 valence electrons. The molecule has 0 aromatic heterocycles. The Morgan fingerprint density at radius 1 is 0.960 bits per heavy atom. The summed E-state index contributed by atoms with van der Waals surface area (Å²) in [6, 6.07) is 7.47. The lowest BCUT2D eigenvalue weighted by molar-refractivity contribution is 0.0767. The van der Waals surface area contributed by atoms with Gasteiger partial charge >= 0.3 is 0 Å². The van der Waals surface area contributed by atoms with Gasteiger partial charge in [-0.15, -0.1) is 0 Å². The van der Waals surface area contributed by atoms with Gasteiger partial charge < -0.3 is 14.4 Å². The van der Waals surface area contributed by atoms with Crippen molar-refractivity contribution in [2.75, 3.05) is 38.2 Å². The molecule has 0 unspecified atom stereocenters. The van der Waals surface area contributed by atoms with Gasteiger partial charge in [-0.1, -0.05) is 40.9 Å². The highest BCUT2D eigenvalue weighted by atomic mass is 79.9. The van der Waals surface area contributed by atoms with E-state index in [2.05, 4.69) is 15.9 Å². The number of unbranched alkanes of at least 4 members (excludes halogenated alkanes) is 3. The summed E-state index contributed by atoms with van der Waals surface area (Å²) in [6.07, 6.45) is 5.67. The van der Waals surface area contributed by atoms with Crippen LogP contribution < -0.4 is 4.74 Å². The highest BCUT2D eigenvalue weighted by Gasteiger charge is 2.16. The lowest BCUT2D eigenvalue weighted by Crippen LogP contribution is -2.30. The van der Waals surface area contributed by atoms with E-state index < -0.39 is 0 Å². The van der Waals surface area contributed by atoms with Crippen molar-refractivity contribution in [3.63, 3.8) is 0 Å². The zero-order chi connectivity index (χ0) is 18.3. The summed E-state index contributed by atoms with van der Waals surface area (Å²) in [6.45, 7) is 7.46. The molecule has 1 amide bonds. The first kappa shape index (κ1) is 22.0. The maximum absolute atomic E-state index is 12.5. The summed E-state index contributed by atoms with van der Waals surface area (Å²) >= 11 is 3.44. The Morgan fingerprint density at radius 3 is 2.36 bits per heavy atom. The number of ether oxygens (including phenoxy) is 2.